The van der Waals surface area contributed by atoms with Gasteiger partial charge in [-0.1, -0.05) is 0 Å². The molecular weight excluding hydrogens is 166 g/mol. The molecular formula is C6H9NO5. The van der Waals surface area contributed by atoms with Gasteiger partial charge in [0.1, 0.15) is 12.2 Å². The van der Waals surface area contributed by atoms with Crippen LogP contribution in [0, 0.1) is 0 Å². The van der Waals surface area contributed by atoms with Gasteiger partial charge in [0.15, 0.2) is 12.3 Å². The zero-order valence-electron chi connectivity index (χ0n) is 6.14. The highest BCUT2D eigenvalue weighted by Crippen LogP contribution is 2.25. The highest BCUT2D eigenvalue weighted by atomic mass is 16.6. The molecule has 0 radical (unpaired) electrons. The Labute approximate surface area is 68.1 Å². The fraction of sp³-hybridized carbons (Fsp3) is 0.833. The first-order valence-electron chi connectivity index (χ1n) is 3.64. The summed E-state index contributed by atoms with van der Waals surface area (Å²) in [5.41, 5.74) is 0. The lowest BCUT2D eigenvalue weighted by Crippen LogP contribution is -2.33. The first-order chi connectivity index (χ1) is 5.72. The quantitative estimate of drug-likeness (QED) is 0.436. The minimum atomic E-state index is -0.945. The molecule has 6 heteroatoms. The Balaban J connectivity index is 2.08. The summed E-state index contributed by atoms with van der Waals surface area (Å²) in [5.74, 6) is 0. The Bertz CT molecular complexity index is 208. The summed E-state index contributed by atoms with van der Waals surface area (Å²) in [6, 6.07) is 0. The van der Waals surface area contributed by atoms with E-state index in [1.165, 1.54) is 0 Å². The number of alkyl carbamates (subject to hydrolysis) is 1. The summed E-state index contributed by atoms with van der Waals surface area (Å²) in [5, 5.41) is 20.4. The topological polar surface area (TPSA) is 88.0 Å². The number of aliphatic hydroxyl groups excluding tert-OH is 2. The van der Waals surface area contributed by atoms with Crippen molar-refractivity contribution in [2.45, 2.75) is 24.5 Å². The summed E-state index contributed by atoms with van der Waals surface area (Å²) in [6.07, 6.45) is -3.51. The smallest absolute Gasteiger partial charge is 0.409 e. The molecule has 0 saturated carbocycles. The van der Waals surface area contributed by atoms with Crippen LogP contribution >= 0.6 is 0 Å². The second-order valence-corrected chi connectivity index (χ2v) is 2.78. The van der Waals surface area contributed by atoms with Crippen LogP contribution < -0.4 is 5.32 Å². The van der Waals surface area contributed by atoms with Crippen molar-refractivity contribution < 1.29 is 24.5 Å². The van der Waals surface area contributed by atoms with Crippen LogP contribution in [0.3, 0.4) is 0 Å². The molecule has 2 saturated heterocycles. The van der Waals surface area contributed by atoms with Crippen molar-refractivity contribution in [2.75, 3.05) is 6.61 Å². The Morgan fingerprint density at radius 1 is 1.58 bits per heavy atom. The number of amides is 1. The number of nitrogens with one attached hydrogen (secondary N) is 1. The van der Waals surface area contributed by atoms with Gasteiger partial charge in [-0.05, 0) is 0 Å². The number of carbonyl (C=O) groups is 1. The van der Waals surface area contributed by atoms with Crippen LogP contribution in [-0.4, -0.2) is 47.5 Å². The van der Waals surface area contributed by atoms with Crippen LogP contribution in [-0.2, 0) is 9.47 Å². The number of rotatable bonds is 1. The summed E-state index contributed by atoms with van der Waals surface area (Å²) in [6.45, 7) is -0.284. The molecule has 0 aliphatic carbocycles. The Morgan fingerprint density at radius 2 is 2.33 bits per heavy atom. The first kappa shape index (κ1) is 7.78. The van der Waals surface area contributed by atoms with E-state index in [0.717, 1.165) is 0 Å². The van der Waals surface area contributed by atoms with Gasteiger partial charge < -0.3 is 19.7 Å². The second-order valence-electron chi connectivity index (χ2n) is 2.78. The van der Waals surface area contributed by atoms with Crippen molar-refractivity contribution in [2.24, 2.45) is 0 Å². The third kappa shape index (κ3) is 0.961. The average Bonchev–Trinajstić information content (AvgIpc) is 2.51. The molecule has 0 unspecified atom stereocenters. The average molecular weight is 175 g/mol. The molecule has 4 atom stereocenters. The summed E-state index contributed by atoms with van der Waals surface area (Å²) >= 11 is 0. The van der Waals surface area contributed by atoms with E-state index in [1.807, 2.05) is 0 Å². The van der Waals surface area contributed by atoms with Crippen LogP contribution in [0.1, 0.15) is 0 Å². The number of fused-ring (bicyclic) bond motifs is 1. The number of ether oxygens (including phenoxy) is 2. The lowest BCUT2D eigenvalue weighted by Gasteiger charge is -2.12. The van der Waals surface area contributed by atoms with Crippen LogP contribution in [0.5, 0.6) is 0 Å². The number of aliphatic hydroxyl groups is 2. The van der Waals surface area contributed by atoms with Gasteiger partial charge in [-0.3, -0.25) is 5.32 Å². The fourth-order valence-electron chi connectivity index (χ4n) is 1.41. The van der Waals surface area contributed by atoms with Crippen LogP contribution in [0.15, 0.2) is 0 Å². The Kier molecular flexibility index (Phi) is 1.67. The summed E-state index contributed by atoms with van der Waals surface area (Å²) in [4.78, 5) is 10.6. The minimum Gasteiger partial charge on any atom is -0.438 e. The van der Waals surface area contributed by atoms with Crippen molar-refractivity contribution in [1.82, 2.24) is 5.32 Å². The van der Waals surface area contributed by atoms with Gasteiger partial charge in [0.2, 0.25) is 0 Å². The van der Waals surface area contributed by atoms with Crippen LogP contribution in [0.25, 0.3) is 0 Å². The molecule has 0 spiro atoms. The molecule has 0 bridgehead atoms. The highest BCUT2D eigenvalue weighted by Gasteiger charge is 2.50. The van der Waals surface area contributed by atoms with Gasteiger partial charge in [-0.15, -0.1) is 0 Å². The molecule has 0 aromatic heterocycles. The van der Waals surface area contributed by atoms with E-state index in [1.54, 1.807) is 0 Å². The lowest BCUT2D eigenvalue weighted by molar-refractivity contribution is -0.0296. The lowest BCUT2D eigenvalue weighted by atomic mass is 10.1. The zero-order valence-corrected chi connectivity index (χ0v) is 6.14. The van der Waals surface area contributed by atoms with E-state index in [2.05, 4.69) is 5.32 Å². The summed E-state index contributed by atoms with van der Waals surface area (Å²) < 4.78 is 9.75. The van der Waals surface area contributed by atoms with E-state index in [9.17, 15) is 9.90 Å². The third-order valence-corrected chi connectivity index (χ3v) is 2.02. The predicted molar refractivity (Wildman–Crippen MR) is 35.2 cm³/mol. The monoisotopic (exact) mass is 175 g/mol. The molecule has 12 heavy (non-hydrogen) atoms. The molecule has 6 nitrogen and oxygen atoms in total. The van der Waals surface area contributed by atoms with Gasteiger partial charge in [-0.25, -0.2) is 4.79 Å². The molecule has 2 aliphatic heterocycles. The zero-order chi connectivity index (χ0) is 8.72. The van der Waals surface area contributed by atoms with E-state index in [-0.39, 0.29) is 6.61 Å². The minimum absolute atomic E-state index is 0.284. The van der Waals surface area contributed by atoms with Crippen molar-refractivity contribution in [3.63, 3.8) is 0 Å². The van der Waals surface area contributed by atoms with Crippen LogP contribution in [0.2, 0.25) is 0 Å². The van der Waals surface area contributed by atoms with Gasteiger partial charge in [0, 0.05) is 0 Å². The van der Waals surface area contributed by atoms with E-state index in [4.69, 9.17) is 14.6 Å². The Morgan fingerprint density at radius 3 is 2.92 bits per heavy atom. The molecule has 2 rings (SSSR count). The Hall–Kier alpha value is -0.850. The molecule has 2 heterocycles. The molecule has 2 fully saturated rings. The number of carbonyl (C=O) groups excluding carboxylic acids is 1. The van der Waals surface area contributed by atoms with Crippen LogP contribution in [0.4, 0.5) is 4.79 Å². The molecule has 0 aromatic carbocycles. The largest absolute Gasteiger partial charge is 0.438 e. The molecule has 2 aliphatic rings. The maximum Gasteiger partial charge on any atom is 0.409 e. The molecule has 0 aromatic rings. The van der Waals surface area contributed by atoms with Gasteiger partial charge in [0.25, 0.3) is 0 Å². The van der Waals surface area contributed by atoms with Gasteiger partial charge >= 0.3 is 6.09 Å². The van der Waals surface area contributed by atoms with Crippen molar-refractivity contribution in [1.29, 1.82) is 0 Å². The standard InChI is InChI=1S/C6H9NO5/c8-1-2-3(9)4-5(11-2)7-6(10)12-4/h2-5,8-9H,1H2,(H,7,10)/t2-,3-,4+,5-/m1/s1. The van der Waals surface area contributed by atoms with E-state index >= 15 is 0 Å². The molecule has 3 N–H and O–H groups in total. The van der Waals surface area contributed by atoms with Crippen molar-refractivity contribution >= 4 is 6.09 Å². The van der Waals surface area contributed by atoms with Crippen molar-refractivity contribution in [3.05, 3.63) is 0 Å². The third-order valence-electron chi connectivity index (χ3n) is 2.02. The maximum absolute atomic E-state index is 10.6. The highest BCUT2D eigenvalue weighted by molar-refractivity contribution is 5.70. The normalized spacial score (nSPS) is 45.3. The molecule has 1 amide bonds. The van der Waals surface area contributed by atoms with Gasteiger partial charge in [-0.2, -0.15) is 0 Å². The van der Waals surface area contributed by atoms with E-state index < -0.39 is 30.6 Å². The predicted octanol–water partition coefficient (Wildman–Crippen LogP) is -1.83. The first-order valence-corrected chi connectivity index (χ1v) is 3.64. The fourth-order valence-corrected chi connectivity index (χ4v) is 1.41. The van der Waals surface area contributed by atoms with Crippen molar-refractivity contribution in [3.8, 4) is 0 Å². The number of hydrogen-bond donors (Lipinski definition) is 3. The second kappa shape index (κ2) is 2.58. The summed E-state index contributed by atoms with van der Waals surface area (Å²) in [7, 11) is 0. The SMILES string of the molecule is O=C1N[C@@H]2O[C@H](CO)[C@@H](O)[C@@H]2O1. The van der Waals surface area contributed by atoms with E-state index in [0.29, 0.717) is 0 Å². The number of hydrogen-bond acceptors (Lipinski definition) is 5. The maximum atomic E-state index is 10.6. The molecule has 68 valence electrons. The van der Waals surface area contributed by atoms with Gasteiger partial charge in [0.05, 0.1) is 6.61 Å².